The molecule has 1 aromatic rings. The summed E-state index contributed by atoms with van der Waals surface area (Å²) in [4.78, 5) is 25.7. The minimum absolute atomic E-state index is 0.0500. The normalized spacial score (nSPS) is 14.9. The number of nitrogens with one attached hydrogen (secondary N) is 1. The lowest BCUT2D eigenvalue weighted by molar-refractivity contribution is -0.131. The van der Waals surface area contributed by atoms with Gasteiger partial charge in [-0.2, -0.15) is 0 Å². The number of anilines is 1. The molecule has 0 heterocycles. The van der Waals surface area contributed by atoms with Crippen molar-refractivity contribution in [2.24, 2.45) is 0 Å². The van der Waals surface area contributed by atoms with Crippen LogP contribution in [0.15, 0.2) is 22.7 Å². The molecule has 120 valence electrons. The van der Waals surface area contributed by atoms with Gasteiger partial charge < -0.3 is 10.2 Å². The lowest BCUT2D eigenvalue weighted by Crippen LogP contribution is -2.39. The summed E-state index contributed by atoms with van der Waals surface area (Å²) in [5, 5.41) is 2.90. The molecule has 0 radical (unpaired) electrons. The zero-order valence-corrected chi connectivity index (χ0v) is 14.8. The van der Waals surface area contributed by atoms with Gasteiger partial charge in [-0.05, 0) is 43.5 Å². The second-order valence-corrected chi connectivity index (χ2v) is 6.77. The molecule has 1 saturated carbocycles. The molecule has 2 rings (SSSR count). The highest BCUT2D eigenvalue weighted by molar-refractivity contribution is 9.10. The van der Waals surface area contributed by atoms with Gasteiger partial charge in [0.25, 0.3) is 0 Å². The molecule has 0 unspecified atom stereocenters. The molecule has 1 aromatic carbocycles. The monoisotopic (exact) mass is 366 g/mol. The molecule has 1 N–H and O–H groups in total. The number of benzene rings is 1. The Morgan fingerprint density at radius 1 is 1.32 bits per heavy atom. The highest BCUT2D eigenvalue weighted by atomic mass is 79.9. The molecule has 0 aromatic heterocycles. The van der Waals surface area contributed by atoms with E-state index in [0.29, 0.717) is 19.0 Å². The summed E-state index contributed by atoms with van der Waals surface area (Å²) >= 11 is 3.44. The van der Waals surface area contributed by atoms with Crippen molar-refractivity contribution in [3.05, 3.63) is 28.2 Å². The summed E-state index contributed by atoms with van der Waals surface area (Å²) in [6.07, 6.45) is 4.82. The molecule has 1 fully saturated rings. The third-order valence-corrected chi connectivity index (χ3v) is 5.08. The Kier molecular flexibility index (Phi) is 6.00. The first-order valence-corrected chi connectivity index (χ1v) is 8.60. The van der Waals surface area contributed by atoms with Crippen molar-refractivity contribution in [3.63, 3.8) is 0 Å². The van der Waals surface area contributed by atoms with E-state index in [1.54, 1.807) is 6.92 Å². The van der Waals surface area contributed by atoms with Gasteiger partial charge >= 0.3 is 0 Å². The Hall–Kier alpha value is -1.36. The Bertz CT molecular complexity index is 554. The van der Waals surface area contributed by atoms with Crippen LogP contribution in [-0.2, 0) is 9.59 Å². The van der Waals surface area contributed by atoms with Crippen LogP contribution >= 0.6 is 15.9 Å². The van der Waals surface area contributed by atoms with Crippen LogP contribution in [0, 0.1) is 6.92 Å². The Balaban J connectivity index is 1.87. The van der Waals surface area contributed by atoms with E-state index < -0.39 is 0 Å². The highest BCUT2D eigenvalue weighted by Crippen LogP contribution is 2.24. The molecule has 0 spiro atoms. The van der Waals surface area contributed by atoms with Crippen LogP contribution in [-0.4, -0.2) is 29.3 Å². The molecular weight excluding hydrogens is 344 g/mol. The fourth-order valence-corrected chi connectivity index (χ4v) is 3.23. The fourth-order valence-electron chi connectivity index (χ4n) is 2.98. The topological polar surface area (TPSA) is 49.4 Å². The average Bonchev–Trinajstić information content (AvgIpc) is 2.97. The van der Waals surface area contributed by atoms with Gasteiger partial charge in [-0.3, -0.25) is 9.59 Å². The second-order valence-electron chi connectivity index (χ2n) is 5.91. The Morgan fingerprint density at radius 3 is 2.59 bits per heavy atom. The molecule has 1 aliphatic rings. The summed E-state index contributed by atoms with van der Waals surface area (Å²) in [7, 11) is 0. The van der Waals surface area contributed by atoms with Crippen LogP contribution in [0.4, 0.5) is 5.69 Å². The number of hydrogen-bond acceptors (Lipinski definition) is 2. The van der Waals surface area contributed by atoms with Gasteiger partial charge in [-0.25, -0.2) is 0 Å². The van der Waals surface area contributed by atoms with Crippen molar-refractivity contribution < 1.29 is 9.59 Å². The molecule has 22 heavy (non-hydrogen) atoms. The van der Waals surface area contributed by atoms with Gasteiger partial charge in [0.05, 0.1) is 0 Å². The number of halogens is 1. The summed E-state index contributed by atoms with van der Waals surface area (Å²) in [5.41, 5.74) is 1.87. The second kappa shape index (κ2) is 7.77. The first-order chi connectivity index (χ1) is 10.5. The molecule has 2 amide bonds. The van der Waals surface area contributed by atoms with Crippen LogP contribution in [0.3, 0.4) is 0 Å². The molecule has 1 aliphatic carbocycles. The Labute approximate surface area is 140 Å². The van der Waals surface area contributed by atoms with E-state index >= 15 is 0 Å². The molecule has 0 saturated heterocycles. The highest BCUT2D eigenvalue weighted by Gasteiger charge is 2.24. The number of hydrogen-bond donors (Lipinski definition) is 1. The van der Waals surface area contributed by atoms with Gasteiger partial charge in [0.15, 0.2) is 0 Å². The SMILES string of the molecule is CC(=O)N(CCC(=O)Nc1ccc(Br)c(C)c1)C1CCCC1. The third-order valence-electron chi connectivity index (χ3n) is 4.19. The van der Waals surface area contributed by atoms with Crippen LogP contribution < -0.4 is 5.32 Å². The van der Waals surface area contributed by atoms with Crippen LogP contribution in [0.5, 0.6) is 0 Å². The van der Waals surface area contributed by atoms with Crippen LogP contribution in [0.1, 0.15) is 44.6 Å². The predicted molar refractivity (Wildman–Crippen MR) is 91.8 cm³/mol. The van der Waals surface area contributed by atoms with Crippen molar-refractivity contribution in [2.45, 2.75) is 52.0 Å². The number of nitrogens with zero attached hydrogens (tertiary/aromatic N) is 1. The largest absolute Gasteiger partial charge is 0.339 e. The molecule has 0 bridgehead atoms. The molecule has 5 heteroatoms. The van der Waals surface area contributed by atoms with E-state index in [1.807, 2.05) is 30.0 Å². The first kappa shape index (κ1) is 17.0. The van der Waals surface area contributed by atoms with E-state index in [9.17, 15) is 9.59 Å². The van der Waals surface area contributed by atoms with Crippen molar-refractivity contribution in [2.75, 3.05) is 11.9 Å². The van der Waals surface area contributed by atoms with E-state index in [2.05, 4.69) is 21.2 Å². The van der Waals surface area contributed by atoms with Crippen LogP contribution in [0.25, 0.3) is 0 Å². The average molecular weight is 367 g/mol. The summed E-state index contributed by atoms with van der Waals surface area (Å²) in [6.45, 7) is 4.08. The maximum Gasteiger partial charge on any atom is 0.226 e. The number of amides is 2. The van der Waals surface area contributed by atoms with Crippen molar-refractivity contribution in [3.8, 4) is 0 Å². The van der Waals surface area contributed by atoms with Gasteiger partial charge in [-0.15, -0.1) is 0 Å². The van der Waals surface area contributed by atoms with Crippen molar-refractivity contribution >= 4 is 33.4 Å². The van der Waals surface area contributed by atoms with Crippen molar-refractivity contribution in [1.29, 1.82) is 0 Å². The zero-order valence-electron chi connectivity index (χ0n) is 13.2. The maximum atomic E-state index is 12.1. The first-order valence-electron chi connectivity index (χ1n) is 7.80. The lowest BCUT2D eigenvalue weighted by atomic mass is 10.2. The van der Waals surface area contributed by atoms with E-state index in [-0.39, 0.29) is 11.8 Å². The van der Waals surface area contributed by atoms with E-state index in [4.69, 9.17) is 0 Å². The number of rotatable bonds is 5. The van der Waals surface area contributed by atoms with Crippen LogP contribution in [0.2, 0.25) is 0 Å². The van der Waals surface area contributed by atoms with E-state index in [0.717, 1.165) is 28.6 Å². The number of aryl methyl sites for hydroxylation is 1. The number of carbonyl (C=O) groups excluding carboxylic acids is 2. The summed E-state index contributed by atoms with van der Waals surface area (Å²) in [6, 6.07) is 6.04. The Morgan fingerprint density at radius 2 is 2.00 bits per heavy atom. The molecule has 4 nitrogen and oxygen atoms in total. The summed E-state index contributed by atoms with van der Waals surface area (Å²) < 4.78 is 1.02. The van der Waals surface area contributed by atoms with E-state index in [1.165, 1.54) is 12.8 Å². The lowest BCUT2D eigenvalue weighted by Gasteiger charge is -2.27. The predicted octanol–water partition coefficient (Wildman–Crippen LogP) is 3.88. The smallest absolute Gasteiger partial charge is 0.226 e. The van der Waals surface area contributed by atoms with Gasteiger partial charge in [-0.1, -0.05) is 28.8 Å². The van der Waals surface area contributed by atoms with Gasteiger partial charge in [0.2, 0.25) is 11.8 Å². The quantitative estimate of drug-likeness (QED) is 0.859. The molecule has 0 atom stereocenters. The third kappa shape index (κ3) is 4.57. The number of carbonyl (C=O) groups is 2. The minimum Gasteiger partial charge on any atom is -0.339 e. The standard InChI is InChI=1S/C17H23BrN2O2/c1-12-11-14(7-8-16(12)18)19-17(22)9-10-20(13(2)21)15-5-3-4-6-15/h7-8,11,15H,3-6,9-10H2,1-2H3,(H,19,22). The fraction of sp³-hybridized carbons (Fsp3) is 0.529. The molecular formula is C17H23BrN2O2. The van der Waals surface area contributed by atoms with Gasteiger partial charge in [0, 0.05) is 36.1 Å². The van der Waals surface area contributed by atoms with Gasteiger partial charge in [0.1, 0.15) is 0 Å². The molecule has 0 aliphatic heterocycles. The summed E-state index contributed by atoms with van der Waals surface area (Å²) in [5.74, 6) is 0.0187. The maximum absolute atomic E-state index is 12.1. The zero-order chi connectivity index (χ0) is 16.1. The van der Waals surface area contributed by atoms with Crippen molar-refractivity contribution in [1.82, 2.24) is 4.90 Å². The minimum atomic E-state index is -0.0500.